The van der Waals surface area contributed by atoms with Crippen molar-refractivity contribution in [2.24, 2.45) is 18.2 Å². The number of nitrogens with one attached hydrogen (secondary N) is 1. The fourth-order valence-electron chi connectivity index (χ4n) is 5.57. The third-order valence-corrected chi connectivity index (χ3v) is 8.50. The van der Waals surface area contributed by atoms with E-state index in [1.54, 1.807) is 19.6 Å². The van der Waals surface area contributed by atoms with Crippen molar-refractivity contribution in [1.82, 2.24) is 24.8 Å². The summed E-state index contributed by atoms with van der Waals surface area (Å²) in [5, 5.41) is 0.714. The van der Waals surface area contributed by atoms with Crippen LogP contribution in [0.3, 0.4) is 0 Å². The summed E-state index contributed by atoms with van der Waals surface area (Å²) >= 11 is 6.80. The lowest BCUT2D eigenvalue weighted by Gasteiger charge is -2.40. The molecule has 1 fully saturated rings. The van der Waals surface area contributed by atoms with Crippen LogP contribution in [0.5, 0.6) is 0 Å². The van der Waals surface area contributed by atoms with Crippen molar-refractivity contribution < 1.29 is 19.1 Å². The summed E-state index contributed by atoms with van der Waals surface area (Å²) in [4.78, 5) is 27.5. The Morgan fingerprint density at radius 1 is 1.22 bits per heavy atom. The van der Waals surface area contributed by atoms with E-state index in [9.17, 15) is 4.79 Å². The van der Waals surface area contributed by atoms with E-state index in [2.05, 4.69) is 67.9 Å². The maximum atomic E-state index is 12.9. The number of hydroxylamine groups is 1. The van der Waals surface area contributed by atoms with Crippen LogP contribution in [0.15, 0.2) is 83.0 Å². The Bertz CT molecular complexity index is 1340. The number of aromatic nitrogens is 2. The number of amides is 1. The van der Waals surface area contributed by atoms with Gasteiger partial charge in [0.05, 0.1) is 30.9 Å². The van der Waals surface area contributed by atoms with Crippen LogP contribution in [0.2, 0.25) is 0 Å². The van der Waals surface area contributed by atoms with Crippen LogP contribution in [-0.2, 0) is 21.4 Å². The van der Waals surface area contributed by atoms with E-state index >= 15 is 0 Å². The minimum Gasteiger partial charge on any atom is -0.449 e. The largest absolute Gasteiger partial charge is 0.449 e. The standard InChI is InChI=1S/C36H55ClN6O4.C2H6/c1-9-33(45-8)47-40-34(32-23-39-25-41(32)7)27(3)30-22-28(37)14-12-15-29(30)31(21-26(2)13-10-11-16-38)42-17-19-43(20-18-42)35(44)46-24-36(4,5)6;1-2/h11-13,15-16,22-23,25,31,33-34,40H,3,9-10,14,17-21,24,38H2,1-2,4-8H3;1-2H3/b16-11-,26-13-;. The molecule has 0 bridgehead atoms. The fraction of sp³-hybridized carbons (Fsp3) is 0.579. The lowest BCUT2D eigenvalue weighted by Crippen LogP contribution is -2.52. The predicted octanol–water partition coefficient (Wildman–Crippen LogP) is 7.69. The van der Waals surface area contributed by atoms with Crippen LogP contribution in [0.4, 0.5) is 4.79 Å². The highest BCUT2D eigenvalue weighted by atomic mass is 35.5. The molecular formula is C38H61ClN6O4. The minimum atomic E-state index is -0.440. The molecule has 2 heterocycles. The number of aryl methyl sites for hydroxylation is 1. The third-order valence-electron chi connectivity index (χ3n) is 8.23. The first-order valence-corrected chi connectivity index (χ1v) is 17.8. The molecule has 3 N–H and O–H groups in total. The first kappa shape index (κ1) is 42.0. The highest BCUT2D eigenvalue weighted by Crippen LogP contribution is 2.36. The second kappa shape index (κ2) is 21.2. The van der Waals surface area contributed by atoms with Crippen molar-refractivity contribution in [2.75, 3.05) is 39.9 Å². The molecule has 1 aliphatic heterocycles. The van der Waals surface area contributed by atoms with E-state index in [0.717, 1.165) is 35.3 Å². The molecule has 11 heteroatoms. The molecule has 2 aliphatic rings. The number of carbonyl (C=O) groups is 1. The quantitative estimate of drug-likeness (QED) is 0.109. The van der Waals surface area contributed by atoms with E-state index in [-0.39, 0.29) is 17.6 Å². The van der Waals surface area contributed by atoms with Gasteiger partial charge in [-0.05, 0) is 60.6 Å². The second-order valence-corrected chi connectivity index (χ2v) is 13.8. The Hall–Kier alpha value is -3.15. The molecule has 1 amide bonds. The summed E-state index contributed by atoms with van der Waals surface area (Å²) in [6.07, 6.45) is 17.7. The Balaban J connectivity index is 0.00000409. The molecular weight excluding hydrogens is 640 g/mol. The maximum absolute atomic E-state index is 12.9. The van der Waals surface area contributed by atoms with Crippen LogP contribution < -0.4 is 11.2 Å². The van der Waals surface area contributed by atoms with Crippen LogP contribution in [0.1, 0.15) is 85.9 Å². The summed E-state index contributed by atoms with van der Waals surface area (Å²) in [6.45, 7) is 21.9. The molecule has 1 aromatic heterocycles. The van der Waals surface area contributed by atoms with Gasteiger partial charge < -0.3 is 24.7 Å². The van der Waals surface area contributed by atoms with E-state index in [1.807, 2.05) is 55.6 Å². The lowest BCUT2D eigenvalue weighted by molar-refractivity contribution is -0.172. The Labute approximate surface area is 300 Å². The molecule has 10 nitrogen and oxygen atoms in total. The molecule has 3 rings (SSSR count). The van der Waals surface area contributed by atoms with E-state index in [4.69, 9.17) is 31.6 Å². The van der Waals surface area contributed by atoms with E-state index in [0.29, 0.717) is 50.7 Å². The third kappa shape index (κ3) is 13.2. The summed E-state index contributed by atoms with van der Waals surface area (Å²) in [5.74, 6) is 0. The highest BCUT2D eigenvalue weighted by Gasteiger charge is 2.32. The number of rotatable bonds is 15. The van der Waals surface area contributed by atoms with Gasteiger partial charge in [-0.25, -0.2) is 9.78 Å². The van der Waals surface area contributed by atoms with Gasteiger partial charge in [0.25, 0.3) is 0 Å². The first-order valence-electron chi connectivity index (χ1n) is 17.4. The number of ether oxygens (including phenoxy) is 2. The zero-order valence-corrected chi connectivity index (χ0v) is 32.1. The molecule has 0 radical (unpaired) electrons. The van der Waals surface area contributed by atoms with Gasteiger partial charge in [-0.1, -0.05) is 89.6 Å². The van der Waals surface area contributed by atoms with Gasteiger partial charge in [-0.3, -0.25) is 9.74 Å². The SMILES string of the molecule is C=C(C1=C(C(C/C(C)=C\C/C=C\N)N2CCN(C(=O)OCC(C)(C)C)CC2)C=CCC(Cl)=C1)C(NOC(CC)OC)c1cncn1C.CC. The summed E-state index contributed by atoms with van der Waals surface area (Å²) in [6, 6.07) is -0.455. The molecule has 0 spiro atoms. The Morgan fingerprint density at radius 2 is 1.92 bits per heavy atom. The fourth-order valence-corrected chi connectivity index (χ4v) is 5.76. The van der Waals surface area contributed by atoms with Crippen molar-refractivity contribution in [3.8, 4) is 0 Å². The lowest BCUT2D eigenvalue weighted by atomic mass is 9.87. The summed E-state index contributed by atoms with van der Waals surface area (Å²) in [5.41, 5.74) is 13.7. The Kier molecular flexibility index (Phi) is 18.1. The van der Waals surface area contributed by atoms with Gasteiger partial charge in [0, 0.05) is 57.8 Å². The highest BCUT2D eigenvalue weighted by molar-refractivity contribution is 6.30. The number of nitrogens with two attached hydrogens (primary N) is 1. The van der Waals surface area contributed by atoms with Gasteiger partial charge >= 0.3 is 6.09 Å². The van der Waals surface area contributed by atoms with Crippen LogP contribution >= 0.6 is 11.6 Å². The molecule has 1 saturated heterocycles. The smallest absolute Gasteiger partial charge is 0.409 e. The van der Waals surface area contributed by atoms with Crippen molar-refractivity contribution >= 4 is 17.7 Å². The van der Waals surface area contributed by atoms with Crippen LogP contribution in [0, 0.1) is 5.41 Å². The monoisotopic (exact) mass is 700 g/mol. The number of imidazole rings is 1. The maximum Gasteiger partial charge on any atom is 0.409 e. The topological polar surface area (TPSA) is 107 Å². The zero-order chi connectivity index (χ0) is 36.6. The number of hydrogen-bond acceptors (Lipinski definition) is 8. The van der Waals surface area contributed by atoms with Gasteiger partial charge in [0.2, 0.25) is 0 Å². The van der Waals surface area contributed by atoms with Crippen molar-refractivity contribution in [3.63, 3.8) is 0 Å². The molecule has 1 aliphatic carbocycles. The number of nitrogens with zero attached hydrogens (tertiary/aromatic N) is 4. The zero-order valence-electron chi connectivity index (χ0n) is 31.3. The van der Waals surface area contributed by atoms with Crippen molar-refractivity contribution in [2.45, 2.75) is 92.5 Å². The number of hydrogen-bond donors (Lipinski definition) is 2. The number of allylic oxidation sites excluding steroid dienone is 5. The molecule has 49 heavy (non-hydrogen) atoms. The number of carbonyl (C=O) groups excluding carboxylic acids is 1. The second-order valence-electron chi connectivity index (χ2n) is 13.3. The summed E-state index contributed by atoms with van der Waals surface area (Å²) < 4.78 is 13.1. The molecule has 0 aromatic carbocycles. The van der Waals surface area contributed by atoms with Gasteiger partial charge in [0.15, 0.2) is 6.29 Å². The molecule has 3 atom stereocenters. The number of methoxy groups -OCH3 is 1. The molecule has 274 valence electrons. The van der Waals surface area contributed by atoms with E-state index in [1.165, 1.54) is 5.57 Å². The van der Waals surface area contributed by atoms with Gasteiger partial charge in [-0.2, -0.15) is 5.48 Å². The molecule has 0 saturated carbocycles. The van der Waals surface area contributed by atoms with E-state index < -0.39 is 12.3 Å². The van der Waals surface area contributed by atoms with Crippen LogP contribution in [0.25, 0.3) is 0 Å². The van der Waals surface area contributed by atoms with Gasteiger partial charge in [-0.15, -0.1) is 0 Å². The predicted molar refractivity (Wildman–Crippen MR) is 201 cm³/mol. The normalized spacial score (nSPS) is 18.0. The van der Waals surface area contributed by atoms with Gasteiger partial charge in [0.1, 0.15) is 0 Å². The summed E-state index contributed by atoms with van der Waals surface area (Å²) in [7, 11) is 3.57. The van der Waals surface area contributed by atoms with Crippen molar-refractivity contribution in [1.29, 1.82) is 0 Å². The molecule has 1 aromatic rings. The number of halogens is 1. The first-order chi connectivity index (χ1) is 23.4. The molecule has 3 unspecified atom stereocenters. The minimum absolute atomic E-state index is 0.0156. The van der Waals surface area contributed by atoms with Crippen molar-refractivity contribution in [3.05, 3.63) is 88.7 Å². The average Bonchev–Trinajstić information content (AvgIpc) is 3.41. The average molecular weight is 701 g/mol. The Morgan fingerprint density at radius 3 is 2.49 bits per heavy atom. The number of piperazine rings is 1. The van der Waals surface area contributed by atoms with Crippen LogP contribution in [-0.4, -0.2) is 77.7 Å².